The average Bonchev–Trinajstić information content (AvgIpc) is 2.88. The van der Waals surface area contributed by atoms with Crippen LogP contribution in [-0.4, -0.2) is 34.2 Å². The first kappa shape index (κ1) is 13.7. The van der Waals surface area contributed by atoms with Gasteiger partial charge >= 0.3 is 5.97 Å². The molecule has 0 unspecified atom stereocenters. The Hall–Kier alpha value is -2.74. The van der Waals surface area contributed by atoms with Crippen LogP contribution in [-0.2, 0) is 11.3 Å². The summed E-state index contributed by atoms with van der Waals surface area (Å²) >= 11 is 0. The molecular formula is C12H11N3O5. The van der Waals surface area contributed by atoms with Gasteiger partial charge in [0, 0.05) is 19.4 Å². The molecule has 2 aromatic rings. The fourth-order valence-electron chi connectivity index (χ4n) is 1.50. The third-order valence-electron chi connectivity index (χ3n) is 2.38. The van der Waals surface area contributed by atoms with E-state index in [1.165, 1.54) is 31.6 Å². The Morgan fingerprint density at radius 2 is 2.30 bits per heavy atom. The fraction of sp³-hybridized carbons (Fsp3) is 0.167. The number of amides is 1. The quantitative estimate of drug-likeness (QED) is 0.842. The predicted molar refractivity (Wildman–Crippen MR) is 66.4 cm³/mol. The van der Waals surface area contributed by atoms with Gasteiger partial charge in [0.05, 0.1) is 17.4 Å². The molecule has 0 atom stereocenters. The number of carbonyl (C=O) groups is 2. The van der Waals surface area contributed by atoms with Gasteiger partial charge in [-0.1, -0.05) is 5.16 Å². The second kappa shape index (κ2) is 5.93. The number of methoxy groups -OCH3 is 1. The molecule has 0 saturated heterocycles. The number of carboxylic acids is 1. The second-order valence-corrected chi connectivity index (χ2v) is 3.79. The van der Waals surface area contributed by atoms with Crippen LogP contribution in [0.2, 0.25) is 0 Å². The summed E-state index contributed by atoms with van der Waals surface area (Å²) in [5.74, 6) is -1.36. The summed E-state index contributed by atoms with van der Waals surface area (Å²) in [6.45, 7) is 0.188. The maximum absolute atomic E-state index is 11.9. The molecule has 0 spiro atoms. The molecule has 0 aliphatic carbocycles. The third kappa shape index (κ3) is 2.98. The number of hydrogen-bond acceptors (Lipinski definition) is 6. The molecule has 0 fully saturated rings. The van der Waals surface area contributed by atoms with Crippen molar-refractivity contribution in [2.75, 3.05) is 12.4 Å². The Labute approximate surface area is 113 Å². The summed E-state index contributed by atoms with van der Waals surface area (Å²) in [4.78, 5) is 26.7. The van der Waals surface area contributed by atoms with Crippen LogP contribution in [0.3, 0.4) is 0 Å². The van der Waals surface area contributed by atoms with E-state index < -0.39 is 11.9 Å². The van der Waals surface area contributed by atoms with Gasteiger partial charge in [-0.15, -0.1) is 0 Å². The van der Waals surface area contributed by atoms with E-state index in [1.54, 1.807) is 0 Å². The van der Waals surface area contributed by atoms with Crippen LogP contribution in [0, 0.1) is 0 Å². The Bertz CT molecular complexity index is 638. The number of anilines is 1. The predicted octanol–water partition coefficient (Wildman–Crippen LogP) is 1.17. The maximum Gasteiger partial charge on any atom is 0.337 e. The number of hydrogen-bond donors (Lipinski definition) is 2. The zero-order chi connectivity index (χ0) is 14.5. The number of nitrogens with zero attached hydrogens (tertiary/aromatic N) is 2. The van der Waals surface area contributed by atoms with Crippen LogP contribution in [0.25, 0.3) is 0 Å². The van der Waals surface area contributed by atoms with Crippen LogP contribution in [0.5, 0.6) is 0 Å². The summed E-state index contributed by atoms with van der Waals surface area (Å²) in [6, 6.07) is 2.70. The van der Waals surface area contributed by atoms with Crippen molar-refractivity contribution in [3.63, 3.8) is 0 Å². The molecule has 8 nitrogen and oxygen atoms in total. The van der Waals surface area contributed by atoms with E-state index in [2.05, 4.69) is 15.5 Å². The highest BCUT2D eigenvalue weighted by Gasteiger charge is 2.16. The molecule has 2 heterocycles. The molecule has 104 valence electrons. The first-order chi connectivity index (χ1) is 9.61. The van der Waals surface area contributed by atoms with E-state index in [0.717, 1.165) is 0 Å². The van der Waals surface area contributed by atoms with E-state index >= 15 is 0 Å². The molecular weight excluding hydrogens is 266 g/mol. The van der Waals surface area contributed by atoms with E-state index in [-0.39, 0.29) is 23.6 Å². The fourth-order valence-corrected chi connectivity index (χ4v) is 1.50. The number of aromatic nitrogens is 2. The number of rotatable bonds is 5. The summed E-state index contributed by atoms with van der Waals surface area (Å²) in [7, 11) is 1.48. The molecule has 20 heavy (non-hydrogen) atoms. The lowest BCUT2D eigenvalue weighted by molar-refractivity contribution is 0.0698. The van der Waals surface area contributed by atoms with Crippen LogP contribution in [0.1, 0.15) is 26.6 Å². The minimum absolute atomic E-state index is 0.0252. The highest BCUT2D eigenvalue weighted by Crippen LogP contribution is 2.15. The van der Waals surface area contributed by atoms with Gasteiger partial charge in [0.1, 0.15) is 6.61 Å². The van der Waals surface area contributed by atoms with Gasteiger partial charge in [0.2, 0.25) is 0 Å². The molecule has 0 saturated carbocycles. The van der Waals surface area contributed by atoms with Crippen LogP contribution in [0.4, 0.5) is 5.69 Å². The molecule has 0 radical (unpaired) electrons. The summed E-state index contributed by atoms with van der Waals surface area (Å²) in [5, 5.41) is 15.0. The molecule has 2 N–H and O–H groups in total. The molecule has 8 heteroatoms. The summed E-state index contributed by atoms with van der Waals surface area (Å²) in [6.07, 6.45) is 2.57. The number of aromatic carboxylic acids is 1. The molecule has 0 bridgehead atoms. The van der Waals surface area contributed by atoms with E-state index in [4.69, 9.17) is 14.4 Å². The van der Waals surface area contributed by atoms with E-state index in [0.29, 0.717) is 5.76 Å². The number of pyridine rings is 1. The van der Waals surface area contributed by atoms with Crippen LogP contribution >= 0.6 is 0 Å². The minimum atomic E-state index is -1.16. The van der Waals surface area contributed by atoms with Crippen molar-refractivity contribution in [1.29, 1.82) is 0 Å². The summed E-state index contributed by atoms with van der Waals surface area (Å²) in [5.41, 5.74) is 0.0486. The smallest absolute Gasteiger partial charge is 0.337 e. The van der Waals surface area contributed by atoms with Gasteiger partial charge in [-0.3, -0.25) is 9.78 Å². The Morgan fingerprint density at radius 3 is 3.00 bits per heavy atom. The lowest BCUT2D eigenvalue weighted by Crippen LogP contribution is -2.15. The van der Waals surface area contributed by atoms with Crippen molar-refractivity contribution in [1.82, 2.24) is 10.1 Å². The highest BCUT2D eigenvalue weighted by molar-refractivity contribution is 6.06. The Balaban J connectivity index is 2.17. The van der Waals surface area contributed by atoms with Gasteiger partial charge in [-0.25, -0.2) is 4.79 Å². The second-order valence-electron chi connectivity index (χ2n) is 3.79. The van der Waals surface area contributed by atoms with Crippen molar-refractivity contribution >= 4 is 17.6 Å². The number of carbonyl (C=O) groups excluding carboxylic acids is 1. The highest BCUT2D eigenvalue weighted by atomic mass is 16.5. The lowest BCUT2D eigenvalue weighted by atomic mass is 10.2. The number of ether oxygens (including phenoxy) is 1. The first-order valence-corrected chi connectivity index (χ1v) is 5.55. The van der Waals surface area contributed by atoms with Crippen molar-refractivity contribution in [3.05, 3.63) is 41.5 Å². The largest absolute Gasteiger partial charge is 0.478 e. The molecule has 0 aliphatic heterocycles. The van der Waals surface area contributed by atoms with Crippen molar-refractivity contribution in [3.8, 4) is 0 Å². The Morgan fingerprint density at radius 1 is 1.50 bits per heavy atom. The standard InChI is InChI=1S/C12H11N3O5/c1-19-6-7-4-9(15-20-7)11(16)14-10-5-13-3-2-8(10)12(17)18/h2-5H,6H2,1H3,(H,14,16)(H,17,18). The van der Waals surface area contributed by atoms with Gasteiger partial charge < -0.3 is 19.7 Å². The van der Waals surface area contributed by atoms with Crippen LogP contribution < -0.4 is 5.32 Å². The molecule has 1 amide bonds. The third-order valence-corrected chi connectivity index (χ3v) is 2.38. The zero-order valence-corrected chi connectivity index (χ0v) is 10.5. The molecule has 0 aromatic carbocycles. The maximum atomic E-state index is 11.9. The zero-order valence-electron chi connectivity index (χ0n) is 10.5. The first-order valence-electron chi connectivity index (χ1n) is 5.55. The van der Waals surface area contributed by atoms with Crippen molar-refractivity contribution in [2.45, 2.75) is 6.61 Å². The summed E-state index contributed by atoms with van der Waals surface area (Å²) < 4.78 is 9.71. The normalized spacial score (nSPS) is 10.2. The number of nitrogens with one attached hydrogen (secondary N) is 1. The lowest BCUT2D eigenvalue weighted by Gasteiger charge is -2.05. The topological polar surface area (TPSA) is 115 Å². The van der Waals surface area contributed by atoms with Crippen molar-refractivity contribution < 1.29 is 24.0 Å². The monoisotopic (exact) mass is 277 g/mol. The van der Waals surface area contributed by atoms with Crippen molar-refractivity contribution in [2.24, 2.45) is 0 Å². The Kier molecular flexibility index (Phi) is 4.06. The van der Waals surface area contributed by atoms with Crippen LogP contribution in [0.15, 0.2) is 29.0 Å². The minimum Gasteiger partial charge on any atom is -0.478 e. The molecule has 2 rings (SSSR count). The SMILES string of the molecule is COCc1cc(C(=O)Nc2cnccc2C(=O)O)no1. The number of carboxylic acid groups (broad SMARTS) is 1. The molecule has 0 aliphatic rings. The average molecular weight is 277 g/mol. The van der Waals surface area contributed by atoms with Gasteiger partial charge in [0.25, 0.3) is 5.91 Å². The van der Waals surface area contributed by atoms with Gasteiger partial charge in [-0.05, 0) is 6.07 Å². The van der Waals surface area contributed by atoms with E-state index in [9.17, 15) is 9.59 Å². The molecule has 2 aromatic heterocycles. The van der Waals surface area contributed by atoms with Gasteiger partial charge in [-0.2, -0.15) is 0 Å². The van der Waals surface area contributed by atoms with Gasteiger partial charge in [0.15, 0.2) is 11.5 Å². The van der Waals surface area contributed by atoms with E-state index in [1.807, 2.05) is 0 Å².